The first-order chi connectivity index (χ1) is 8.66. The molecule has 3 rings (SSSR count). The van der Waals surface area contributed by atoms with E-state index < -0.39 is 0 Å². The van der Waals surface area contributed by atoms with Crippen LogP contribution >= 0.6 is 0 Å². The Balaban J connectivity index is 2.10. The number of aromatic nitrogens is 1. The highest BCUT2D eigenvalue weighted by Gasteiger charge is 2.24. The van der Waals surface area contributed by atoms with Gasteiger partial charge in [0, 0.05) is 29.7 Å². The molecule has 0 spiro atoms. The molecular weight excluding hydrogens is 231 g/mol. The normalized spacial score (nSPS) is 15.6. The zero-order chi connectivity index (χ0) is 12.7. The average molecular weight is 246 g/mol. The molecule has 1 fully saturated rings. The van der Waals surface area contributed by atoms with Crippen LogP contribution in [0.1, 0.15) is 28.9 Å². The summed E-state index contributed by atoms with van der Waals surface area (Å²) in [4.78, 5) is 17.4. The van der Waals surface area contributed by atoms with E-state index in [0.717, 1.165) is 37.0 Å². The average Bonchev–Trinajstić information content (AvgIpc) is 2.94. The van der Waals surface area contributed by atoms with E-state index in [1.54, 1.807) is 6.07 Å². The van der Waals surface area contributed by atoms with Crippen LogP contribution in [-0.4, -0.2) is 28.9 Å². The van der Waals surface area contributed by atoms with Crippen LogP contribution in [0.5, 0.6) is 0 Å². The molecule has 3 nitrogen and oxygen atoms in total. The van der Waals surface area contributed by atoms with Crippen molar-refractivity contribution in [3.05, 3.63) is 35.3 Å². The summed E-state index contributed by atoms with van der Waals surface area (Å²) in [5.74, 6) is -0.230. The highest BCUT2D eigenvalue weighted by atomic mass is 19.1. The summed E-state index contributed by atoms with van der Waals surface area (Å²) in [6.07, 6.45) is 2.14. The fourth-order valence-corrected chi connectivity index (χ4v) is 2.66. The number of halogens is 1. The molecule has 0 atom stereocenters. The molecule has 1 aliphatic heterocycles. The Morgan fingerprint density at radius 2 is 2.06 bits per heavy atom. The largest absolute Gasteiger partial charge is 0.358 e. The van der Waals surface area contributed by atoms with Gasteiger partial charge in [0.05, 0.1) is 5.56 Å². The summed E-state index contributed by atoms with van der Waals surface area (Å²) in [6.45, 7) is 3.51. The molecule has 0 radical (unpaired) electrons. The van der Waals surface area contributed by atoms with Crippen LogP contribution in [0.4, 0.5) is 4.39 Å². The molecule has 1 aliphatic rings. The number of nitrogens with one attached hydrogen (secondary N) is 1. The number of fused-ring (bicyclic) bond motifs is 1. The number of amides is 1. The molecular formula is C14H15FN2O. The molecule has 18 heavy (non-hydrogen) atoms. The van der Waals surface area contributed by atoms with Crippen molar-refractivity contribution < 1.29 is 9.18 Å². The third-order valence-corrected chi connectivity index (χ3v) is 3.56. The number of likely N-dealkylation sites (tertiary alicyclic amines) is 1. The molecule has 1 aromatic carbocycles. The van der Waals surface area contributed by atoms with Gasteiger partial charge in [-0.2, -0.15) is 0 Å². The van der Waals surface area contributed by atoms with Gasteiger partial charge < -0.3 is 9.88 Å². The van der Waals surface area contributed by atoms with Crippen molar-refractivity contribution in [3.63, 3.8) is 0 Å². The summed E-state index contributed by atoms with van der Waals surface area (Å²) in [6, 6.07) is 4.51. The number of benzene rings is 1. The molecule has 94 valence electrons. The minimum Gasteiger partial charge on any atom is -0.358 e. The van der Waals surface area contributed by atoms with Gasteiger partial charge in [0.15, 0.2) is 0 Å². The number of hydrogen-bond donors (Lipinski definition) is 1. The first-order valence-corrected chi connectivity index (χ1v) is 6.24. The van der Waals surface area contributed by atoms with Gasteiger partial charge in [-0.15, -0.1) is 0 Å². The molecule has 4 heteroatoms. The Hall–Kier alpha value is -1.84. The van der Waals surface area contributed by atoms with Crippen molar-refractivity contribution in [1.82, 2.24) is 9.88 Å². The second kappa shape index (κ2) is 4.12. The maximum absolute atomic E-state index is 13.2. The van der Waals surface area contributed by atoms with E-state index in [9.17, 15) is 9.18 Å². The topological polar surface area (TPSA) is 36.1 Å². The number of H-pyrrole nitrogens is 1. The number of aryl methyl sites for hydroxylation is 1. The van der Waals surface area contributed by atoms with E-state index in [1.807, 2.05) is 11.8 Å². The lowest BCUT2D eigenvalue weighted by Gasteiger charge is -2.15. The molecule has 1 amide bonds. The van der Waals surface area contributed by atoms with Gasteiger partial charge in [0.25, 0.3) is 5.91 Å². The molecule has 2 heterocycles. The van der Waals surface area contributed by atoms with Gasteiger partial charge in [-0.25, -0.2) is 4.39 Å². The smallest absolute Gasteiger partial charge is 0.256 e. The molecule has 0 unspecified atom stereocenters. The van der Waals surface area contributed by atoms with Gasteiger partial charge in [0.1, 0.15) is 5.82 Å². The van der Waals surface area contributed by atoms with Crippen LogP contribution in [0, 0.1) is 12.7 Å². The van der Waals surface area contributed by atoms with Gasteiger partial charge in [-0.1, -0.05) is 0 Å². The zero-order valence-electron chi connectivity index (χ0n) is 10.3. The van der Waals surface area contributed by atoms with Crippen LogP contribution in [-0.2, 0) is 0 Å². The van der Waals surface area contributed by atoms with Crippen LogP contribution in [0.2, 0.25) is 0 Å². The van der Waals surface area contributed by atoms with Crippen molar-refractivity contribution in [3.8, 4) is 0 Å². The maximum atomic E-state index is 13.2. The van der Waals surface area contributed by atoms with E-state index in [-0.39, 0.29) is 11.7 Å². The summed E-state index contributed by atoms with van der Waals surface area (Å²) in [5, 5.41) is 0.811. The fourth-order valence-electron chi connectivity index (χ4n) is 2.66. The molecule has 1 N–H and O–H groups in total. The second-order valence-corrected chi connectivity index (χ2v) is 4.81. The summed E-state index contributed by atoms with van der Waals surface area (Å²) in [5.41, 5.74) is 2.19. The first-order valence-electron chi connectivity index (χ1n) is 6.24. The summed E-state index contributed by atoms with van der Waals surface area (Å²) < 4.78 is 13.2. The number of hydrogen-bond acceptors (Lipinski definition) is 1. The van der Waals surface area contributed by atoms with Crippen molar-refractivity contribution in [2.75, 3.05) is 13.1 Å². The van der Waals surface area contributed by atoms with Gasteiger partial charge >= 0.3 is 0 Å². The molecule has 2 aromatic rings. The zero-order valence-corrected chi connectivity index (χ0v) is 10.3. The Bertz CT molecular complexity index is 612. The molecule has 1 aromatic heterocycles. The number of rotatable bonds is 1. The number of aromatic amines is 1. The lowest BCUT2D eigenvalue weighted by atomic mass is 10.1. The molecule has 0 aliphatic carbocycles. The Morgan fingerprint density at radius 1 is 1.33 bits per heavy atom. The van der Waals surface area contributed by atoms with Crippen LogP contribution in [0.3, 0.4) is 0 Å². The predicted molar refractivity (Wildman–Crippen MR) is 68.1 cm³/mol. The third kappa shape index (κ3) is 1.68. The third-order valence-electron chi connectivity index (χ3n) is 3.56. The Labute approximate surface area is 105 Å². The Morgan fingerprint density at radius 3 is 2.78 bits per heavy atom. The minimum absolute atomic E-state index is 0.0582. The SMILES string of the molecule is Cc1[nH]c2cc(F)ccc2c1C(=O)N1CCCC1. The number of nitrogens with zero attached hydrogens (tertiary/aromatic N) is 1. The van der Waals surface area contributed by atoms with Crippen molar-refractivity contribution in [2.45, 2.75) is 19.8 Å². The summed E-state index contributed by atoms with van der Waals surface area (Å²) >= 11 is 0. The van der Waals surface area contributed by atoms with E-state index in [0.29, 0.717) is 11.1 Å². The quantitative estimate of drug-likeness (QED) is 0.825. The van der Waals surface area contributed by atoms with Gasteiger partial charge in [-0.05, 0) is 38.0 Å². The van der Waals surface area contributed by atoms with Crippen LogP contribution in [0.15, 0.2) is 18.2 Å². The second-order valence-electron chi connectivity index (χ2n) is 4.81. The number of carbonyl (C=O) groups excluding carboxylic acids is 1. The van der Waals surface area contributed by atoms with Gasteiger partial charge in [0.2, 0.25) is 0 Å². The van der Waals surface area contributed by atoms with Crippen LogP contribution < -0.4 is 0 Å². The first kappa shape index (κ1) is 11.3. The highest BCUT2D eigenvalue weighted by Crippen LogP contribution is 2.25. The van der Waals surface area contributed by atoms with E-state index in [4.69, 9.17) is 0 Å². The van der Waals surface area contributed by atoms with Crippen LogP contribution in [0.25, 0.3) is 10.9 Å². The lowest BCUT2D eigenvalue weighted by molar-refractivity contribution is 0.0794. The lowest BCUT2D eigenvalue weighted by Crippen LogP contribution is -2.27. The maximum Gasteiger partial charge on any atom is 0.256 e. The monoisotopic (exact) mass is 246 g/mol. The van der Waals surface area contributed by atoms with Crippen molar-refractivity contribution in [1.29, 1.82) is 0 Å². The van der Waals surface area contributed by atoms with Gasteiger partial charge in [-0.3, -0.25) is 4.79 Å². The summed E-state index contributed by atoms with van der Waals surface area (Å²) in [7, 11) is 0. The van der Waals surface area contributed by atoms with E-state index in [2.05, 4.69) is 4.98 Å². The molecule has 0 bridgehead atoms. The molecule has 1 saturated heterocycles. The predicted octanol–water partition coefficient (Wildman–Crippen LogP) is 2.85. The Kier molecular flexibility index (Phi) is 2.58. The standard InChI is InChI=1S/C14H15FN2O/c1-9-13(14(18)17-6-2-3-7-17)11-5-4-10(15)8-12(11)16-9/h4-5,8,16H,2-3,6-7H2,1H3. The highest BCUT2D eigenvalue weighted by molar-refractivity contribution is 6.08. The number of carbonyl (C=O) groups is 1. The van der Waals surface area contributed by atoms with E-state index in [1.165, 1.54) is 12.1 Å². The molecule has 0 saturated carbocycles. The van der Waals surface area contributed by atoms with Crippen molar-refractivity contribution in [2.24, 2.45) is 0 Å². The minimum atomic E-state index is -0.288. The fraction of sp³-hybridized carbons (Fsp3) is 0.357. The van der Waals surface area contributed by atoms with Crippen molar-refractivity contribution >= 4 is 16.8 Å². The van der Waals surface area contributed by atoms with E-state index >= 15 is 0 Å².